The molecule has 0 aromatic carbocycles. The van der Waals surface area contributed by atoms with Crippen LogP contribution in [0.1, 0.15) is 103 Å². The average molecular weight is 384 g/mol. The average Bonchev–Trinajstić information content (AvgIpc) is 2.66. The third-order valence-electron chi connectivity index (χ3n) is 5.18. The van der Waals surface area contributed by atoms with Crippen molar-refractivity contribution in [2.45, 2.75) is 109 Å². The number of hydrogen-bond donors (Lipinski definition) is 3. The van der Waals surface area contributed by atoms with Gasteiger partial charge in [0, 0.05) is 13.3 Å². The van der Waals surface area contributed by atoms with Crippen molar-refractivity contribution in [1.29, 1.82) is 0 Å². The molecule has 1 atom stereocenters. The molecule has 0 spiro atoms. The van der Waals surface area contributed by atoms with Gasteiger partial charge in [-0.2, -0.15) is 0 Å². The first-order chi connectivity index (χ1) is 13.2. The Morgan fingerprint density at radius 1 is 0.815 bits per heavy atom. The van der Waals surface area contributed by atoms with E-state index in [1.165, 1.54) is 77.0 Å². The van der Waals surface area contributed by atoms with Gasteiger partial charge in [-0.15, -0.1) is 0 Å². The van der Waals surface area contributed by atoms with Crippen molar-refractivity contribution in [3.05, 3.63) is 12.2 Å². The van der Waals surface area contributed by atoms with Gasteiger partial charge in [0.15, 0.2) is 0 Å². The monoisotopic (exact) mass is 383 g/mol. The lowest BCUT2D eigenvalue weighted by Crippen LogP contribution is -2.47. The maximum atomic E-state index is 11.3. The second-order valence-corrected chi connectivity index (χ2v) is 7.53. The van der Waals surface area contributed by atoms with Crippen LogP contribution in [0.15, 0.2) is 12.2 Å². The van der Waals surface area contributed by atoms with Gasteiger partial charge >= 0.3 is 5.97 Å². The number of nitrogens with zero attached hydrogens (tertiary/aromatic N) is 1. The lowest BCUT2D eigenvalue weighted by atomic mass is 10.0. The molecule has 5 nitrogen and oxygen atoms in total. The van der Waals surface area contributed by atoms with Crippen LogP contribution >= 0.6 is 0 Å². The number of carbonyl (C=O) groups is 1. The SMILES string of the molecule is CCCCCCCC/C=C\CCCCCCCCC(C(=O)O)N(CN)CN. The molecule has 0 rings (SSSR count). The Bertz CT molecular complexity index is 357. The smallest absolute Gasteiger partial charge is 0.320 e. The number of carboxylic acid groups (broad SMARTS) is 1. The number of aliphatic carboxylic acids is 1. The first kappa shape index (κ1) is 26.1. The highest BCUT2D eigenvalue weighted by Crippen LogP contribution is 2.13. The van der Waals surface area contributed by atoms with Crippen LogP contribution in [0.5, 0.6) is 0 Å². The summed E-state index contributed by atoms with van der Waals surface area (Å²) in [6, 6.07) is -0.545. The normalized spacial score (nSPS) is 12.9. The molecule has 160 valence electrons. The molecule has 0 aliphatic carbocycles. The van der Waals surface area contributed by atoms with Gasteiger partial charge in [-0.25, -0.2) is 0 Å². The maximum absolute atomic E-state index is 11.3. The highest BCUT2D eigenvalue weighted by Gasteiger charge is 2.22. The topological polar surface area (TPSA) is 92.6 Å². The van der Waals surface area contributed by atoms with Crippen molar-refractivity contribution in [3.8, 4) is 0 Å². The Morgan fingerprint density at radius 3 is 1.70 bits per heavy atom. The summed E-state index contributed by atoms with van der Waals surface area (Å²) < 4.78 is 0. The summed E-state index contributed by atoms with van der Waals surface area (Å²) in [5.41, 5.74) is 11.1. The molecule has 0 fully saturated rings. The van der Waals surface area contributed by atoms with E-state index >= 15 is 0 Å². The van der Waals surface area contributed by atoms with Crippen LogP contribution in [-0.4, -0.2) is 35.4 Å². The zero-order chi connectivity index (χ0) is 20.2. The zero-order valence-corrected chi connectivity index (χ0v) is 17.7. The summed E-state index contributed by atoms with van der Waals surface area (Å²) in [7, 11) is 0. The fraction of sp³-hybridized carbons (Fsp3) is 0.864. The lowest BCUT2D eigenvalue weighted by molar-refractivity contribution is -0.143. The van der Waals surface area contributed by atoms with Gasteiger partial charge in [0.1, 0.15) is 6.04 Å². The van der Waals surface area contributed by atoms with Crippen LogP contribution in [0.25, 0.3) is 0 Å². The third kappa shape index (κ3) is 15.8. The summed E-state index contributed by atoms with van der Waals surface area (Å²) >= 11 is 0. The maximum Gasteiger partial charge on any atom is 0.320 e. The van der Waals surface area contributed by atoms with E-state index in [-0.39, 0.29) is 13.3 Å². The van der Waals surface area contributed by atoms with E-state index < -0.39 is 12.0 Å². The zero-order valence-electron chi connectivity index (χ0n) is 17.7. The van der Waals surface area contributed by atoms with E-state index in [4.69, 9.17) is 11.5 Å². The molecular weight excluding hydrogens is 338 g/mol. The van der Waals surface area contributed by atoms with Gasteiger partial charge in [-0.3, -0.25) is 9.69 Å². The highest BCUT2D eigenvalue weighted by atomic mass is 16.4. The van der Waals surface area contributed by atoms with Crippen LogP contribution in [0.4, 0.5) is 0 Å². The molecule has 5 N–H and O–H groups in total. The predicted octanol–water partition coefficient (Wildman–Crippen LogP) is 5.00. The fourth-order valence-electron chi connectivity index (χ4n) is 3.38. The summed E-state index contributed by atoms with van der Waals surface area (Å²) in [6.45, 7) is 2.65. The van der Waals surface area contributed by atoms with Crippen molar-refractivity contribution in [1.82, 2.24) is 4.90 Å². The number of hydrogen-bond acceptors (Lipinski definition) is 4. The number of rotatable bonds is 20. The largest absolute Gasteiger partial charge is 0.480 e. The van der Waals surface area contributed by atoms with Crippen LogP contribution in [-0.2, 0) is 4.79 Å². The lowest BCUT2D eigenvalue weighted by Gasteiger charge is -2.25. The second kappa shape index (κ2) is 19.8. The van der Waals surface area contributed by atoms with E-state index in [0.29, 0.717) is 6.42 Å². The van der Waals surface area contributed by atoms with Gasteiger partial charge in [0.2, 0.25) is 0 Å². The van der Waals surface area contributed by atoms with Gasteiger partial charge in [0.05, 0.1) is 0 Å². The van der Waals surface area contributed by atoms with E-state index in [1.807, 2.05) is 0 Å². The molecule has 0 aromatic heterocycles. The van der Waals surface area contributed by atoms with Gasteiger partial charge in [0.25, 0.3) is 0 Å². The summed E-state index contributed by atoms with van der Waals surface area (Å²) in [5, 5.41) is 9.27. The van der Waals surface area contributed by atoms with E-state index in [2.05, 4.69) is 19.1 Å². The Labute approximate surface area is 167 Å². The molecule has 0 aliphatic heterocycles. The predicted molar refractivity (Wildman–Crippen MR) is 115 cm³/mol. The first-order valence-corrected chi connectivity index (χ1v) is 11.2. The first-order valence-electron chi connectivity index (χ1n) is 11.2. The summed E-state index contributed by atoms with van der Waals surface area (Å²) in [4.78, 5) is 12.9. The molecule has 1 unspecified atom stereocenters. The Hall–Kier alpha value is -0.910. The molecule has 5 heteroatoms. The Morgan fingerprint density at radius 2 is 1.26 bits per heavy atom. The molecule has 0 radical (unpaired) electrons. The van der Waals surface area contributed by atoms with Crippen molar-refractivity contribution in [2.24, 2.45) is 11.5 Å². The van der Waals surface area contributed by atoms with E-state index in [9.17, 15) is 9.90 Å². The van der Waals surface area contributed by atoms with Crippen molar-refractivity contribution >= 4 is 5.97 Å². The molecule has 0 aliphatic rings. The standard InChI is InChI=1S/C22H45N3O2/c1-2-3-4-5-6-7-8-9-10-11-12-13-14-15-16-17-18-21(22(26)27)25(19-23)20-24/h9-10,21H,2-8,11-20,23-24H2,1H3,(H,26,27)/b10-9-. The minimum Gasteiger partial charge on any atom is -0.480 e. The van der Waals surface area contributed by atoms with Gasteiger partial charge < -0.3 is 16.6 Å². The molecule has 0 aromatic rings. The molecule has 0 heterocycles. The quantitative estimate of drug-likeness (QED) is 0.156. The van der Waals surface area contributed by atoms with Crippen LogP contribution < -0.4 is 11.5 Å². The second-order valence-electron chi connectivity index (χ2n) is 7.53. The van der Waals surface area contributed by atoms with Crippen molar-refractivity contribution in [3.63, 3.8) is 0 Å². The molecule has 0 amide bonds. The Balaban J connectivity index is 3.46. The molecule has 0 bridgehead atoms. The fourth-order valence-corrected chi connectivity index (χ4v) is 3.38. The molecule has 0 saturated heterocycles. The number of carboxylic acids is 1. The van der Waals surface area contributed by atoms with Crippen molar-refractivity contribution < 1.29 is 9.90 Å². The minimum atomic E-state index is -0.821. The molecule has 27 heavy (non-hydrogen) atoms. The number of nitrogens with two attached hydrogens (primary N) is 2. The van der Waals surface area contributed by atoms with Gasteiger partial charge in [-0.1, -0.05) is 83.3 Å². The van der Waals surface area contributed by atoms with Crippen LogP contribution in [0, 0.1) is 0 Å². The van der Waals surface area contributed by atoms with E-state index in [1.54, 1.807) is 4.90 Å². The van der Waals surface area contributed by atoms with Crippen LogP contribution in [0.2, 0.25) is 0 Å². The Kier molecular flexibility index (Phi) is 19.2. The van der Waals surface area contributed by atoms with Crippen LogP contribution in [0.3, 0.4) is 0 Å². The highest BCUT2D eigenvalue weighted by molar-refractivity contribution is 5.73. The molecule has 0 saturated carbocycles. The third-order valence-corrected chi connectivity index (χ3v) is 5.18. The van der Waals surface area contributed by atoms with Crippen molar-refractivity contribution in [2.75, 3.05) is 13.3 Å². The minimum absolute atomic E-state index is 0.194. The molecular formula is C22H45N3O2. The van der Waals surface area contributed by atoms with Gasteiger partial charge in [-0.05, 0) is 32.1 Å². The summed E-state index contributed by atoms with van der Waals surface area (Å²) in [5.74, 6) is -0.821. The van der Waals surface area contributed by atoms with E-state index in [0.717, 1.165) is 12.8 Å². The number of allylic oxidation sites excluding steroid dienone is 2. The number of unbranched alkanes of at least 4 members (excludes halogenated alkanes) is 12. The summed E-state index contributed by atoms with van der Waals surface area (Å²) in [6.07, 6.45) is 22.9.